The third-order valence-electron chi connectivity index (χ3n) is 3.39. The van der Waals surface area contributed by atoms with Crippen LogP contribution in [0.2, 0.25) is 0 Å². The molecule has 1 fully saturated rings. The minimum absolute atomic E-state index is 0.138. The van der Waals surface area contributed by atoms with Crippen molar-refractivity contribution in [3.8, 4) is 6.07 Å². The van der Waals surface area contributed by atoms with Gasteiger partial charge >= 0.3 is 0 Å². The molecule has 1 aromatic rings. The number of carbonyl (C=O) groups excluding carboxylic acids is 1. The van der Waals surface area contributed by atoms with E-state index >= 15 is 0 Å². The van der Waals surface area contributed by atoms with Crippen LogP contribution in [0.4, 0.5) is 8.78 Å². The molecule has 1 aliphatic carbocycles. The lowest BCUT2D eigenvalue weighted by Gasteiger charge is -2.15. The summed E-state index contributed by atoms with van der Waals surface area (Å²) < 4.78 is 26.1. The van der Waals surface area contributed by atoms with E-state index in [1.54, 1.807) is 0 Å². The molecule has 2 unspecified atom stereocenters. The molecule has 0 heterocycles. The van der Waals surface area contributed by atoms with Crippen molar-refractivity contribution >= 4 is 5.91 Å². The summed E-state index contributed by atoms with van der Waals surface area (Å²) in [6.07, 6.45) is 2.33. The number of amides is 1. The van der Waals surface area contributed by atoms with E-state index in [-0.39, 0.29) is 29.9 Å². The molecule has 1 saturated carbocycles. The number of rotatable bonds is 3. The molecular weight excluding hydrogens is 250 g/mol. The van der Waals surface area contributed by atoms with Crippen LogP contribution < -0.4 is 5.32 Å². The summed E-state index contributed by atoms with van der Waals surface area (Å²) in [6.45, 7) is 0. The lowest BCUT2D eigenvalue weighted by molar-refractivity contribution is -0.121. The second-order valence-corrected chi connectivity index (χ2v) is 4.75. The lowest BCUT2D eigenvalue weighted by Crippen LogP contribution is -2.37. The second kappa shape index (κ2) is 5.79. The van der Waals surface area contributed by atoms with Gasteiger partial charge in [0.25, 0.3) is 0 Å². The first kappa shape index (κ1) is 13.5. The summed E-state index contributed by atoms with van der Waals surface area (Å²) in [5.41, 5.74) is 0.158. The first-order valence-electron chi connectivity index (χ1n) is 6.23. The van der Waals surface area contributed by atoms with Crippen molar-refractivity contribution in [2.24, 2.45) is 5.92 Å². The zero-order valence-corrected chi connectivity index (χ0v) is 10.3. The van der Waals surface area contributed by atoms with Gasteiger partial charge in [0.15, 0.2) is 0 Å². The Morgan fingerprint density at radius 3 is 2.89 bits per heavy atom. The van der Waals surface area contributed by atoms with E-state index in [4.69, 9.17) is 5.26 Å². The number of nitrogens with one attached hydrogen (secondary N) is 1. The van der Waals surface area contributed by atoms with Crippen LogP contribution in [0.5, 0.6) is 0 Å². The van der Waals surface area contributed by atoms with E-state index < -0.39 is 11.6 Å². The fourth-order valence-electron chi connectivity index (χ4n) is 2.38. The van der Waals surface area contributed by atoms with Crippen LogP contribution >= 0.6 is 0 Å². The molecule has 1 aromatic carbocycles. The Bertz CT molecular complexity index is 525. The van der Waals surface area contributed by atoms with E-state index in [2.05, 4.69) is 11.4 Å². The summed E-state index contributed by atoms with van der Waals surface area (Å²) >= 11 is 0. The largest absolute Gasteiger partial charge is 0.352 e. The van der Waals surface area contributed by atoms with Crippen molar-refractivity contribution in [3.05, 3.63) is 35.4 Å². The van der Waals surface area contributed by atoms with Gasteiger partial charge in [0.2, 0.25) is 5.91 Å². The molecule has 1 N–H and O–H groups in total. The van der Waals surface area contributed by atoms with Gasteiger partial charge in [-0.1, -0.05) is 6.07 Å². The van der Waals surface area contributed by atoms with Crippen molar-refractivity contribution in [1.29, 1.82) is 5.26 Å². The molecule has 5 heteroatoms. The Kier molecular flexibility index (Phi) is 4.10. The third-order valence-corrected chi connectivity index (χ3v) is 3.39. The maximum absolute atomic E-state index is 13.4. The Morgan fingerprint density at radius 2 is 2.21 bits per heavy atom. The Labute approximate surface area is 110 Å². The summed E-state index contributed by atoms with van der Waals surface area (Å²) in [7, 11) is 0. The fraction of sp³-hybridized carbons (Fsp3) is 0.429. The van der Waals surface area contributed by atoms with Crippen molar-refractivity contribution in [3.63, 3.8) is 0 Å². The Hall–Kier alpha value is -1.96. The van der Waals surface area contributed by atoms with Crippen LogP contribution in [-0.4, -0.2) is 11.9 Å². The lowest BCUT2D eigenvalue weighted by atomic mass is 10.0. The molecule has 1 amide bonds. The van der Waals surface area contributed by atoms with Crippen molar-refractivity contribution in [2.45, 2.75) is 31.7 Å². The van der Waals surface area contributed by atoms with E-state index in [9.17, 15) is 13.6 Å². The first-order valence-corrected chi connectivity index (χ1v) is 6.23. The summed E-state index contributed by atoms with van der Waals surface area (Å²) in [6, 6.07) is 5.16. The molecule has 0 saturated heterocycles. The quantitative estimate of drug-likeness (QED) is 0.910. The van der Waals surface area contributed by atoms with Gasteiger partial charge in [-0.3, -0.25) is 4.79 Å². The molecule has 0 spiro atoms. The average Bonchev–Trinajstić information content (AvgIpc) is 2.80. The molecular formula is C14H14F2N2O. The van der Waals surface area contributed by atoms with Gasteiger partial charge in [-0.25, -0.2) is 8.78 Å². The molecule has 1 aliphatic rings. The normalized spacial score (nSPS) is 21.9. The monoisotopic (exact) mass is 264 g/mol. The van der Waals surface area contributed by atoms with Gasteiger partial charge in [0.1, 0.15) is 11.6 Å². The van der Waals surface area contributed by atoms with E-state index in [0.29, 0.717) is 0 Å². The van der Waals surface area contributed by atoms with E-state index in [1.165, 1.54) is 6.07 Å². The molecule has 0 aliphatic heterocycles. The minimum Gasteiger partial charge on any atom is -0.352 e. The summed E-state index contributed by atoms with van der Waals surface area (Å²) in [5, 5.41) is 11.7. The number of halogens is 2. The van der Waals surface area contributed by atoms with E-state index in [1.807, 2.05) is 0 Å². The van der Waals surface area contributed by atoms with Gasteiger partial charge in [0, 0.05) is 12.1 Å². The molecule has 2 rings (SSSR count). The molecule has 0 bridgehead atoms. The van der Waals surface area contributed by atoms with Crippen LogP contribution in [0.3, 0.4) is 0 Å². The van der Waals surface area contributed by atoms with Gasteiger partial charge in [-0.05, 0) is 30.9 Å². The highest BCUT2D eigenvalue weighted by atomic mass is 19.1. The van der Waals surface area contributed by atoms with Crippen molar-refractivity contribution < 1.29 is 13.6 Å². The predicted molar refractivity (Wildman–Crippen MR) is 64.9 cm³/mol. The molecule has 3 nitrogen and oxygen atoms in total. The van der Waals surface area contributed by atoms with Crippen molar-refractivity contribution in [1.82, 2.24) is 5.32 Å². The maximum Gasteiger partial charge on any atom is 0.224 e. The van der Waals surface area contributed by atoms with Crippen LogP contribution in [-0.2, 0) is 11.2 Å². The maximum atomic E-state index is 13.4. The molecule has 2 atom stereocenters. The summed E-state index contributed by atoms with van der Waals surface area (Å²) in [5.74, 6) is -1.89. The minimum atomic E-state index is -0.724. The van der Waals surface area contributed by atoms with Crippen molar-refractivity contribution in [2.75, 3.05) is 0 Å². The number of benzene rings is 1. The molecule has 19 heavy (non-hydrogen) atoms. The molecule has 0 radical (unpaired) electrons. The molecule has 0 aromatic heterocycles. The zero-order chi connectivity index (χ0) is 13.8. The number of hydrogen-bond acceptors (Lipinski definition) is 2. The van der Waals surface area contributed by atoms with Crippen LogP contribution in [0.15, 0.2) is 18.2 Å². The average molecular weight is 264 g/mol. The number of nitriles is 1. The highest BCUT2D eigenvalue weighted by Gasteiger charge is 2.28. The SMILES string of the molecule is N#CC1CCCC1NC(=O)Cc1ccc(F)cc1F. The standard InChI is InChI=1S/C14H14F2N2O/c15-11-5-4-9(12(16)7-11)6-14(19)18-13-3-1-2-10(13)8-17/h4-5,7,10,13H,1-3,6H2,(H,18,19). The topological polar surface area (TPSA) is 52.9 Å². The number of nitrogens with zero attached hydrogens (tertiary/aromatic N) is 1. The smallest absolute Gasteiger partial charge is 0.224 e. The Morgan fingerprint density at radius 1 is 1.42 bits per heavy atom. The van der Waals surface area contributed by atoms with Crippen LogP contribution in [0, 0.1) is 28.9 Å². The van der Waals surface area contributed by atoms with Crippen LogP contribution in [0.1, 0.15) is 24.8 Å². The van der Waals surface area contributed by atoms with Gasteiger partial charge in [-0.2, -0.15) is 5.26 Å². The first-order chi connectivity index (χ1) is 9.10. The second-order valence-electron chi connectivity index (χ2n) is 4.75. The number of carbonyl (C=O) groups is 1. The number of hydrogen-bond donors (Lipinski definition) is 1. The van der Waals surface area contributed by atoms with E-state index in [0.717, 1.165) is 31.4 Å². The highest BCUT2D eigenvalue weighted by molar-refractivity contribution is 5.79. The predicted octanol–water partition coefficient (Wildman–Crippen LogP) is 2.32. The third kappa shape index (κ3) is 3.28. The fourth-order valence-corrected chi connectivity index (χ4v) is 2.38. The highest BCUT2D eigenvalue weighted by Crippen LogP contribution is 2.24. The van der Waals surface area contributed by atoms with Gasteiger partial charge < -0.3 is 5.32 Å². The zero-order valence-electron chi connectivity index (χ0n) is 10.3. The summed E-state index contributed by atoms with van der Waals surface area (Å²) in [4.78, 5) is 11.8. The van der Waals surface area contributed by atoms with Crippen LogP contribution in [0.25, 0.3) is 0 Å². The molecule has 100 valence electrons. The Balaban J connectivity index is 1.96. The van der Waals surface area contributed by atoms with Gasteiger partial charge in [-0.15, -0.1) is 0 Å². The van der Waals surface area contributed by atoms with Gasteiger partial charge in [0.05, 0.1) is 18.4 Å².